The molecule has 2 aromatic rings. The van der Waals surface area contributed by atoms with E-state index in [0.717, 1.165) is 10.6 Å². The van der Waals surface area contributed by atoms with Crippen molar-refractivity contribution in [1.82, 2.24) is 5.32 Å². The summed E-state index contributed by atoms with van der Waals surface area (Å²) in [5.41, 5.74) is 5.45. The zero-order valence-electron chi connectivity index (χ0n) is 12.0. The molecule has 1 aliphatic rings. The predicted octanol–water partition coefficient (Wildman–Crippen LogP) is 4.83. The van der Waals surface area contributed by atoms with Crippen molar-refractivity contribution >= 4 is 11.6 Å². The van der Waals surface area contributed by atoms with Crippen LogP contribution in [-0.2, 0) is 0 Å². The molecule has 20 heavy (non-hydrogen) atoms. The van der Waals surface area contributed by atoms with Crippen LogP contribution in [0.25, 0.3) is 0 Å². The Hall–Kier alpha value is -1.31. The number of nitrogens with one attached hydrogen (secondary N) is 1. The fraction of sp³-hybridized carbons (Fsp3) is 0.333. The Labute approximate surface area is 126 Å². The minimum absolute atomic E-state index is 0.482. The van der Waals surface area contributed by atoms with Crippen LogP contribution in [0.4, 0.5) is 0 Å². The molecule has 2 aromatic carbocycles. The maximum absolute atomic E-state index is 6.16. The van der Waals surface area contributed by atoms with Gasteiger partial charge in [-0.15, -0.1) is 0 Å². The van der Waals surface area contributed by atoms with Gasteiger partial charge in [-0.05, 0) is 55.1 Å². The predicted molar refractivity (Wildman–Crippen MR) is 85.5 cm³/mol. The summed E-state index contributed by atoms with van der Waals surface area (Å²) in [6, 6.07) is 15.7. The van der Waals surface area contributed by atoms with Crippen molar-refractivity contribution in [2.24, 2.45) is 0 Å². The van der Waals surface area contributed by atoms with Gasteiger partial charge in [0.2, 0.25) is 0 Å². The van der Waals surface area contributed by atoms with E-state index in [4.69, 9.17) is 11.6 Å². The molecule has 0 heterocycles. The fourth-order valence-corrected chi connectivity index (χ4v) is 3.44. The maximum atomic E-state index is 6.16. The minimum Gasteiger partial charge on any atom is -0.313 e. The number of benzene rings is 2. The van der Waals surface area contributed by atoms with Gasteiger partial charge in [0.1, 0.15) is 0 Å². The van der Waals surface area contributed by atoms with E-state index in [2.05, 4.69) is 48.6 Å². The second-order valence-corrected chi connectivity index (χ2v) is 6.02. The van der Waals surface area contributed by atoms with Gasteiger partial charge in [0.05, 0.1) is 0 Å². The summed E-state index contributed by atoms with van der Waals surface area (Å²) in [6.07, 6.45) is 2.36. The van der Waals surface area contributed by atoms with Crippen molar-refractivity contribution in [3.8, 4) is 0 Å². The Morgan fingerprint density at radius 1 is 1.05 bits per heavy atom. The summed E-state index contributed by atoms with van der Waals surface area (Å²) in [7, 11) is 2.05. The lowest BCUT2D eigenvalue weighted by Crippen LogP contribution is -2.24. The Bertz CT molecular complexity index is 621. The van der Waals surface area contributed by atoms with E-state index in [1.54, 1.807) is 0 Å². The molecule has 0 amide bonds. The van der Waals surface area contributed by atoms with Crippen LogP contribution in [0.15, 0.2) is 42.5 Å². The van der Waals surface area contributed by atoms with Crippen LogP contribution < -0.4 is 5.32 Å². The van der Waals surface area contributed by atoms with Crippen molar-refractivity contribution in [3.05, 3.63) is 69.7 Å². The van der Waals surface area contributed by atoms with Crippen molar-refractivity contribution in [2.45, 2.75) is 31.7 Å². The molecule has 0 aromatic heterocycles. The molecule has 104 valence electrons. The lowest BCUT2D eigenvalue weighted by Gasteiger charge is -2.32. The Kier molecular flexibility index (Phi) is 3.82. The Morgan fingerprint density at radius 2 is 1.80 bits per heavy atom. The third kappa shape index (κ3) is 2.36. The van der Waals surface area contributed by atoms with Crippen LogP contribution in [0.2, 0.25) is 5.02 Å². The minimum atomic E-state index is 0.482. The van der Waals surface area contributed by atoms with Crippen LogP contribution in [0.1, 0.15) is 47.1 Å². The molecule has 3 rings (SSSR count). The molecule has 0 radical (unpaired) electrons. The summed E-state index contributed by atoms with van der Waals surface area (Å²) in [5.74, 6) is 0.492. The molecular formula is C18H20ClN. The summed E-state index contributed by atoms with van der Waals surface area (Å²) in [6.45, 7) is 2.08. The molecule has 1 nitrogen and oxygen atoms in total. The topological polar surface area (TPSA) is 12.0 Å². The van der Waals surface area contributed by atoms with Crippen LogP contribution in [0.5, 0.6) is 0 Å². The third-order valence-corrected chi connectivity index (χ3v) is 4.85. The van der Waals surface area contributed by atoms with Gasteiger partial charge in [0.25, 0.3) is 0 Å². The molecule has 0 spiro atoms. The highest BCUT2D eigenvalue weighted by atomic mass is 35.5. The van der Waals surface area contributed by atoms with Crippen molar-refractivity contribution < 1.29 is 0 Å². The zero-order valence-corrected chi connectivity index (χ0v) is 12.7. The van der Waals surface area contributed by atoms with Crippen LogP contribution >= 0.6 is 11.6 Å². The van der Waals surface area contributed by atoms with E-state index in [-0.39, 0.29) is 0 Å². The first-order valence-corrected chi connectivity index (χ1v) is 7.60. The number of rotatable bonds is 2. The highest BCUT2D eigenvalue weighted by molar-refractivity contribution is 6.31. The van der Waals surface area contributed by atoms with E-state index < -0.39 is 0 Å². The average Bonchev–Trinajstić information content (AvgIpc) is 2.49. The number of aryl methyl sites for hydroxylation is 1. The van der Waals surface area contributed by atoms with E-state index >= 15 is 0 Å². The molecule has 0 unspecified atom stereocenters. The quantitative estimate of drug-likeness (QED) is 0.833. The molecule has 1 aliphatic carbocycles. The first-order valence-electron chi connectivity index (χ1n) is 7.23. The Morgan fingerprint density at radius 3 is 2.50 bits per heavy atom. The first kappa shape index (κ1) is 13.7. The first-order chi connectivity index (χ1) is 9.70. The molecule has 2 heteroatoms. The van der Waals surface area contributed by atoms with Gasteiger partial charge < -0.3 is 5.32 Å². The van der Waals surface area contributed by atoms with Gasteiger partial charge in [-0.2, -0.15) is 0 Å². The lowest BCUT2D eigenvalue weighted by molar-refractivity contribution is 0.471. The number of hydrogen-bond acceptors (Lipinski definition) is 1. The molecule has 0 aliphatic heterocycles. The third-order valence-electron chi connectivity index (χ3n) is 4.42. The van der Waals surface area contributed by atoms with E-state index in [9.17, 15) is 0 Å². The summed E-state index contributed by atoms with van der Waals surface area (Å²) in [5, 5.41) is 4.28. The lowest BCUT2D eigenvalue weighted by atomic mass is 9.76. The number of fused-ring (bicyclic) bond motifs is 1. The van der Waals surface area contributed by atoms with Gasteiger partial charge in [0, 0.05) is 17.0 Å². The van der Waals surface area contributed by atoms with E-state index in [1.165, 1.54) is 29.5 Å². The molecule has 0 saturated carbocycles. The van der Waals surface area contributed by atoms with Gasteiger partial charge in [-0.25, -0.2) is 0 Å². The van der Waals surface area contributed by atoms with Gasteiger partial charge in [-0.3, -0.25) is 0 Å². The largest absolute Gasteiger partial charge is 0.313 e. The van der Waals surface area contributed by atoms with E-state index in [0.29, 0.717) is 12.0 Å². The maximum Gasteiger partial charge on any atom is 0.0435 e. The highest BCUT2D eigenvalue weighted by Crippen LogP contribution is 2.41. The molecular weight excluding hydrogens is 266 g/mol. The summed E-state index contributed by atoms with van der Waals surface area (Å²) < 4.78 is 0. The van der Waals surface area contributed by atoms with Crippen molar-refractivity contribution in [2.75, 3.05) is 7.05 Å². The number of halogens is 1. The normalized spacial score (nSPS) is 21.6. The Balaban J connectivity index is 2.05. The fourth-order valence-electron chi connectivity index (χ4n) is 3.32. The standard InChI is InChI=1S/C18H20ClN/c1-12-11-13(7-9-17(12)19)14-8-10-18(20-2)16-6-4-3-5-15(14)16/h3-7,9,11,14,18,20H,8,10H2,1-2H3/t14-,18-/m1/s1. The van der Waals surface area contributed by atoms with Crippen molar-refractivity contribution in [1.29, 1.82) is 0 Å². The number of hydrogen-bond donors (Lipinski definition) is 1. The average molecular weight is 286 g/mol. The van der Waals surface area contributed by atoms with Gasteiger partial charge in [0.15, 0.2) is 0 Å². The molecule has 0 saturated heterocycles. The molecule has 0 bridgehead atoms. The van der Waals surface area contributed by atoms with E-state index in [1.807, 2.05) is 13.1 Å². The van der Waals surface area contributed by atoms with Crippen LogP contribution in [-0.4, -0.2) is 7.05 Å². The summed E-state index contributed by atoms with van der Waals surface area (Å²) in [4.78, 5) is 0. The SMILES string of the molecule is CN[C@@H]1CC[C@H](c2ccc(Cl)c(C)c2)c2ccccc21. The summed E-state index contributed by atoms with van der Waals surface area (Å²) >= 11 is 6.16. The molecule has 2 atom stereocenters. The second kappa shape index (κ2) is 5.59. The molecule has 0 fully saturated rings. The molecule has 1 N–H and O–H groups in total. The van der Waals surface area contributed by atoms with Crippen molar-refractivity contribution in [3.63, 3.8) is 0 Å². The van der Waals surface area contributed by atoms with Crippen LogP contribution in [0, 0.1) is 6.92 Å². The monoisotopic (exact) mass is 285 g/mol. The van der Waals surface area contributed by atoms with Gasteiger partial charge >= 0.3 is 0 Å². The highest BCUT2D eigenvalue weighted by Gasteiger charge is 2.27. The smallest absolute Gasteiger partial charge is 0.0435 e. The van der Waals surface area contributed by atoms with Gasteiger partial charge in [-0.1, -0.05) is 48.0 Å². The zero-order chi connectivity index (χ0) is 14.1. The van der Waals surface area contributed by atoms with Crippen LogP contribution in [0.3, 0.4) is 0 Å². The second-order valence-electron chi connectivity index (χ2n) is 5.61.